The molecule has 144 valence electrons. The lowest BCUT2D eigenvalue weighted by Crippen LogP contribution is -2.10. The van der Waals surface area contributed by atoms with Crippen LogP contribution in [0.5, 0.6) is 0 Å². The summed E-state index contributed by atoms with van der Waals surface area (Å²) in [5, 5.41) is 11.1. The van der Waals surface area contributed by atoms with Gasteiger partial charge in [0.05, 0.1) is 42.7 Å². The predicted molar refractivity (Wildman–Crippen MR) is 105 cm³/mol. The zero-order chi connectivity index (χ0) is 20.1. The number of anilines is 2. The zero-order valence-corrected chi connectivity index (χ0v) is 15.3. The van der Waals surface area contributed by atoms with Crippen LogP contribution in [0.1, 0.15) is 21.7 Å². The minimum atomic E-state index is -0.140. The Bertz CT molecular complexity index is 1110. The van der Waals surface area contributed by atoms with Gasteiger partial charge in [-0.25, -0.2) is 15.0 Å². The quantitative estimate of drug-likeness (QED) is 0.451. The number of Topliss-reactive ketones (excluding diaryl/α,β-unsaturated/α-hetero) is 1. The van der Waals surface area contributed by atoms with E-state index in [-0.39, 0.29) is 17.9 Å². The predicted octanol–water partition coefficient (Wildman–Crippen LogP) is 1.47. The Kier molecular flexibility index (Phi) is 5.14. The average Bonchev–Trinajstić information content (AvgIpc) is 3.28. The Morgan fingerprint density at radius 2 is 1.86 bits per heavy atom. The van der Waals surface area contributed by atoms with Gasteiger partial charge in [0.1, 0.15) is 11.5 Å². The number of ketones is 1. The molecule has 4 aromatic rings. The molecular weight excluding hydrogens is 370 g/mol. The number of carbonyl (C=O) groups is 1. The molecule has 4 heterocycles. The maximum atomic E-state index is 12.5. The molecule has 0 spiro atoms. The summed E-state index contributed by atoms with van der Waals surface area (Å²) in [6.45, 7) is 0.462. The number of nitrogens with one attached hydrogen (secondary N) is 1. The summed E-state index contributed by atoms with van der Waals surface area (Å²) >= 11 is 0. The van der Waals surface area contributed by atoms with E-state index in [0.29, 0.717) is 18.2 Å². The van der Waals surface area contributed by atoms with Gasteiger partial charge in [0, 0.05) is 18.8 Å². The van der Waals surface area contributed by atoms with E-state index < -0.39 is 0 Å². The molecule has 29 heavy (non-hydrogen) atoms. The summed E-state index contributed by atoms with van der Waals surface area (Å²) in [6, 6.07) is 7.31. The van der Waals surface area contributed by atoms with E-state index in [1.807, 2.05) is 12.1 Å². The van der Waals surface area contributed by atoms with Gasteiger partial charge in [0.15, 0.2) is 11.6 Å². The molecule has 0 unspecified atom stereocenters. The average molecular weight is 387 g/mol. The third-order valence-electron chi connectivity index (χ3n) is 4.09. The van der Waals surface area contributed by atoms with Crippen molar-refractivity contribution in [3.63, 3.8) is 0 Å². The SMILES string of the molecule is Nc1ncccc1NCc1cc(CC(=O)c2cnc(-n3nccn3)cn2)ccn1. The van der Waals surface area contributed by atoms with E-state index >= 15 is 0 Å². The van der Waals surface area contributed by atoms with Crippen molar-refractivity contribution in [2.45, 2.75) is 13.0 Å². The van der Waals surface area contributed by atoms with Gasteiger partial charge in [-0.1, -0.05) is 0 Å². The van der Waals surface area contributed by atoms with E-state index in [0.717, 1.165) is 16.9 Å². The first-order valence-corrected chi connectivity index (χ1v) is 8.79. The Morgan fingerprint density at radius 1 is 1.00 bits per heavy atom. The molecule has 4 rings (SSSR count). The molecule has 3 N–H and O–H groups in total. The maximum absolute atomic E-state index is 12.5. The van der Waals surface area contributed by atoms with Crippen LogP contribution in [0.3, 0.4) is 0 Å². The van der Waals surface area contributed by atoms with Crippen LogP contribution >= 0.6 is 0 Å². The van der Waals surface area contributed by atoms with Crippen LogP contribution in [0.4, 0.5) is 11.5 Å². The van der Waals surface area contributed by atoms with Gasteiger partial charge in [-0.3, -0.25) is 9.78 Å². The number of carbonyl (C=O) groups excluding carboxylic acids is 1. The third kappa shape index (κ3) is 4.38. The molecular formula is C19H17N9O. The van der Waals surface area contributed by atoms with Gasteiger partial charge in [-0.2, -0.15) is 10.2 Å². The Balaban J connectivity index is 1.41. The second-order valence-electron chi connectivity index (χ2n) is 6.12. The summed E-state index contributed by atoms with van der Waals surface area (Å²) in [7, 11) is 0. The first kappa shape index (κ1) is 18.2. The van der Waals surface area contributed by atoms with Crippen LogP contribution in [-0.2, 0) is 13.0 Å². The largest absolute Gasteiger partial charge is 0.382 e. The first-order chi connectivity index (χ1) is 14.2. The van der Waals surface area contributed by atoms with Crippen molar-refractivity contribution >= 4 is 17.3 Å². The van der Waals surface area contributed by atoms with E-state index in [1.165, 1.54) is 17.2 Å². The lowest BCUT2D eigenvalue weighted by Gasteiger charge is -2.09. The lowest BCUT2D eigenvalue weighted by molar-refractivity contribution is 0.0988. The summed E-state index contributed by atoms with van der Waals surface area (Å²) in [4.78, 5) is 30.6. The smallest absolute Gasteiger partial charge is 0.192 e. The Morgan fingerprint density at radius 3 is 2.62 bits per heavy atom. The third-order valence-corrected chi connectivity index (χ3v) is 4.09. The number of hydrogen-bond donors (Lipinski definition) is 2. The first-order valence-electron chi connectivity index (χ1n) is 8.79. The molecule has 0 aliphatic heterocycles. The van der Waals surface area contributed by atoms with Gasteiger partial charge in [0.2, 0.25) is 0 Å². The van der Waals surface area contributed by atoms with E-state index in [1.54, 1.807) is 36.9 Å². The van der Waals surface area contributed by atoms with E-state index in [2.05, 4.69) is 35.5 Å². The van der Waals surface area contributed by atoms with Crippen LogP contribution in [0.2, 0.25) is 0 Å². The molecule has 10 nitrogen and oxygen atoms in total. The van der Waals surface area contributed by atoms with Crippen molar-refractivity contribution in [1.82, 2.24) is 34.9 Å². The van der Waals surface area contributed by atoms with Crippen molar-refractivity contribution in [2.75, 3.05) is 11.1 Å². The highest BCUT2D eigenvalue weighted by molar-refractivity contribution is 5.95. The zero-order valence-electron chi connectivity index (χ0n) is 15.3. The topological polar surface area (TPSA) is 137 Å². The fourth-order valence-electron chi connectivity index (χ4n) is 2.67. The Labute approximate surface area is 165 Å². The summed E-state index contributed by atoms with van der Waals surface area (Å²) in [6.07, 6.45) is 9.47. The van der Waals surface area contributed by atoms with E-state index in [9.17, 15) is 4.79 Å². The molecule has 0 radical (unpaired) electrons. The molecule has 0 aliphatic carbocycles. The standard InChI is InChI=1S/C19H17N9O/c20-19-15(2-1-4-22-19)23-10-14-8-13(3-5-21-14)9-17(29)16-11-25-18(12-24-16)28-26-6-7-27-28/h1-8,11-12,23H,9-10H2,(H2,20,22). The van der Waals surface area contributed by atoms with Gasteiger partial charge in [-0.05, 0) is 29.8 Å². The monoisotopic (exact) mass is 387 g/mol. The van der Waals surface area contributed by atoms with Crippen LogP contribution < -0.4 is 11.1 Å². The highest BCUT2D eigenvalue weighted by atomic mass is 16.1. The minimum Gasteiger partial charge on any atom is -0.382 e. The molecule has 4 aromatic heterocycles. The number of aromatic nitrogens is 7. The molecule has 0 saturated carbocycles. The molecule has 0 atom stereocenters. The fraction of sp³-hybridized carbons (Fsp3) is 0.105. The number of nitrogen functional groups attached to an aromatic ring is 1. The number of nitrogens with two attached hydrogens (primary N) is 1. The van der Waals surface area contributed by atoms with Crippen molar-refractivity contribution in [3.05, 3.63) is 78.4 Å². The van der Waals surface area contributed by atoms with Gasteiger partial charge in [0.25, 0.3) is 0 Å². The van der Waals surface area contributed by atoms with Crippen LogP contribution in [0.15, 0.2) is 61.4 Å². The molecule has 0 aliphatic rings. The Hall–Kier alpha value is -4.21. The second kappa shape index (κ2) is 8.21. The number of pyridine rings is 2. The number of rotatable bonds is 7. The molecule has 0 bridgehead atoms. The molecule has 0 fully saturated rings. The summed E-state index contributed by atoms with van der Waals surface area (Å²) < 4.78 is 0. The highest BCUT2D eigenvalue weighted by Gasteiger charge is 2.11. The second-order valence-corrected chi connectivity index (χ2v) is 6.12. The van der Waals surface area contributed by atoms with Crippen LogP contribution in [-0.4, -0.2) is 40.7 Å². The lowest BCUT2D eigenvalue weighted by atomic mass is 10.1. The fourth-order valence-corrected chi connectivity index (χ4v) is 2.67. The number of hydrogen-bond acceptors (Lipinski definition) is 9. The molecule has 10 heteroatoms. The van der Waals surface area contributed by atoms with Crippen LogP contribution in [0.25, 0.3) is 5.82 Å². The van der Waals surface area contributed by atoms with Crippen molar-refractivity contribution in [1.29, 1.82) is 0 Å². The van der Waals surface area contributed by atoms with Crippen LogP contribution in [0, 0.1) is 0 Å². The van der Waals surface area contributed by atoms with Crippen molar-refractivity contribution in [2.24, 2.45) is 0 Å². The minimum absolute atomic E-state index is 0.140. The van der Waals surface area contributed by atoms with Gasteiger partial charge in [-0.15, -0.1) is 4.80 Å². The molecule has 0 amide bonds. The van der Waals surface area contributed by atoms with Crippen molar-refractivity contribution in [3.8, 4) is 5.82 Å². The summed E-state index contributed by atoms with van der Waals surface area (Å²) in [5.41, 5.74) is 8.45. The van der Waals surface area contributed by atoms with Crippen molar-refractivity contribution < 1.29 is 4.79 Å². The van der Waals surface area contributed by atoms with Gasteiger partial charge < -0.3 is 11.1 Å². The molecule has 0 saturated heterocycles. The number of nitrogens with zero attached hydrogens (tertiary/aromatic N) is 7. The van der Waals surface area contributed by atoms with E-state index in [4.69, 9.17) is 5.73 Å². The van der Waals surface area contributed by atoms with Gasteiger partial charge >= 0.3 is 0 Å². The normalized spacial score (nSPS) is 10.6. The highest BCUT2D eigenvalue weighted by Crippen LogP contribution is 2.15. The summed E-state index contributed by atoms with van der Waals surface area (Å²) in [5.74, 6) is 0.726. The molecule has 0 aromatic carbocycles. The maximum Gasteiger partial charge on any atom is 0.192 e.